The van der Waals surface area contributed by atoms with Gasteiger partial charge in [0.05, 0.1) is 6.10 Å². The molecule has 0 saturated heterocycles. The summed E-state index contributed by atoms with van der Waals surface area (Å²) in [6.07, 6.45) is 1.22. The van der Waals surface area contributed by atoms with E-state index in [1.54, 1.807) is 13.1 Å². The Morgan fingerprint density at radius 3 is 2.70 bits per heavy atom. The molecule has 0 radical (unpaired) electrons. The molecule has 1 atom stereocenters. The number of nitrogens with zero attached hydrogens (tertiary/aromatic N) is 1. The monoisotopic (exact) mass is 201 g/mol. The highest BCUT2D eigenvalue weighted by molar-refractivity contribution is 9.10. The molecular formula is C7H8BrNO. The van der Waals surface area contributed by atoms with Crippen LogP contribution in [0.3, 0.4) is 0 Å². The maximum atomic E-state index is 9.06. The first-order valence-corrected chi connectivity index (χ1v) is 3.79. The first kappa shape index (κ1) is 7.69. The molecular weight excluding hydrogens is 194 g/mol. The molecule has 0 fully saturated rings. The zero-order chi connectivity index (χ0) is 7.56. The van der Waals surface area contributed by atoms with Gasteiger partial charge in [-0.05, 0) is 34.5 Å². The van der Waals surface area contributed by atoms with Gasteiger partial charge >= 0.3 is 0 Å². The molecule has 1 rings (SSSR count). The SMILES string of the molecule is C[C@H](O)c1ccc(Br)nc1. The Balaban J connectivity index is 2.89. The number of halogens is 1. The maximum Gasteiger partial charge on any atom is 0.106 e. The smallest absolute Gasteiger partial charge is 0.106 e. The molecule has 1 heterocycles. The predicted octanol–water partition coefficient (Wildman–Crippen LogP) is 1.90. The zero-order valence-electron chi connectivity index (χ0n) is 5.58. The van der Waals surface area contributed by atoms with Crippen LogP contribution < -0.4 is 0 Å². The normalized spacial score (nSPS) is 13.1. The molecule has 54 valence electrons. The predicted molar refractivity (Wildman–Crippen MR) is 42.6 cm³/mol. The van der Waals surface area contributed by atoms with Gasteiger partial charge in [0.2, 0.25) is 0 Å². The summed E-state index contributed by atoms with van der Waals surface area (Å²) in [6.45, 7) is 1.71. The first-order valence-electron chi connectivity index (χ1n) is 2.99. The quantitative estimate of drug-likeness (QED) is 0.705. The Morgan fingerprint density at radius 2 is 2.30 bits per heavy atom. The molecule has 10 heavy (non-hydrogen) atoms. The topological polar surface area (TPSA) is 33.1 Å². The number of rotatable bonds is 1. The van der Waals surface area contributed by atoms with E-state index < -0.39 is 6.10 Å². The van der Waals surface area contributed by atoms with Crippen LogP contribution in [0.15, 0.2) is 22.9 Å². The van der Waals surface area contributed by atoms with Crippen molar-refractivity contribution in [2.24, 2.45) is 0 Å². The van der Waals surface area contributed by atoms with Gasteiger partial charge in [0, 0.05) is 6.20 Å². The average molecular weight is 202 g/mol. The van der Waals surface area contributed by atoms with Crippen molar-refractivity contribution in [3.05, 3.63) is 28.5 Å². The lowest BCUT2D eigenvalue weighted by Crippen LogP contribution is -1.90. The summed E-state index contributed by atoms with van der Waals surface area (Å²) >= 11 is 3.20. The standard InChI is InChI=1S/C7H8BrNO/c1-5(10)6-2-3-7(8)9-4-6/h2-5,10H,1H3/t5-/m0/s1. The molecule has 0 saturated carbocycles. The van der Waals surface area contributed by atoms with Crippen LogP contribution in [-0.2, 0) is 0 Å². The summed E-state index contributed by atoms with van der Waals surface area (Å²) in [5.41, 5.74) is 0.836. The number of pyridine rings is 1. The van der Waals surface area contributed by atoms with Crippen LogP contribution in [0.2, 0.25) is 0 Å². The van der Waals surface area contributed by atoms with Gasteiger partial charge in [-0.2, -0.15) is 0 Å². The summed E-state index contributed by atoms with van der Waals surface area (Å²) in [4.78, 5) is 3.96. The van der Waals surface area contributed by atoms with Crippen LogP contribution in [0.4, 0.5) is 0 Å². The second-order valence-electron chi connectivity index (χ2n) is 2.09. The number of aliphatic hydroxyl groups excluding tert-OH is 1. The van der Waals surface area contributed by atoms with Crippen molar-refractivity contribution >= 4 is 15.9 Å². The molecule has 1 aromatic rings. The fourth-order valence-electron chi connectivity index (χ4n) is 0.634. The fraction of sp³-hybridized carbons (Fsp3) is 0.286. The third-order valence-corrected chi connectivity index (χ3v) is 1.70. The third kappa shape index (κ3) is 1.78. The van der Waals surface area contributed by atoms with Crippen molar-refractivity contribution in [1.82, 2.24) is 4.98 Å². The highest BCUT2D eigenvalue weighted by Gasteiger charge is 1.98. The van der Waals surface area contributed by atoms with Crippen molar-refractivity contribution < 1.29 is 5.11 Å². The molecule has 0 aromatic carbocycles. The minimum atomic E-state index is -0.430. The van der Waals surface area contributed by atoms with Crippen molar-refractivity contribution in [1.29, 1.82) is 0 Å². The molecule has 1 N–H and O–H groups in total. The summed E-state index contributed by atoms with van der Waals surface area (Å²) in [6, 6.07) is 3.64. The molecule has 0 bridgehead atoms. The average Bonchev–Trinajstić information content (AvgIpc) is 1.88. The van der Waals surface area contributed by atoms with E-state index in [0.29, 0.717) is 0 Å². The van der Waals surface area contributed by atoms with Gasteiger partial charge in [-0.3, -0.25) is 0 Å². The Labute approximate surface area is 68.0 Å². The number of aromatic nitrogens is 1. The number of hydrogen-bond donors (Lipinski definition) is 1. The van der Waals surface area contributed by atoms with Gasteiger partial charge in [0.1, 0.15) is 4.60 Å². The summed E-state index contributed by atoms with van der Waals surface area (Å²) < 4.78 is 0.789. The maximum absolute atomic E-state index is 9.06. The fourth-order valence-corrected chi connectivity index (χ4v) is 0.869. The van der Waals surface area contributed by atoms with E-state index in [9.17, 15) is 0 Å². The Bertz CT molecular complexity index is 207. The number of aliphatic hydroxyl groups is 1. The largest absolute Gasteiger partial charge is 0.389 e. The molecule has 0 aliphatic heterocycles. The van der Waals surface area contributed by atoms with Crippen LogP contribution >= 0.6 is 15.9 Å². The number of hydrogen-bond acceptors (Lipinski definition) is 2. The van der Waals surface area contributed by atoms with Crippen LogP contribution in [0.5, 0.6) is 0 Å². The first-order chi connectivity index (χ1) is 4.70. The summed E-state index contributed by atoms with van der Waals surface area (Å²) in [5, 5.41) is 9.06. The van der Waals surface area contributed by atoms with Crippen molar-refractivity contribution in [3.8, 4) is 0 Å². The minimum Gasteiger partial charge on any atom is -0.389 e. The third-order valence-electron chi connectivity index (χ3n) is 1.23. The molecule has 0 aliphatic rings. The highest BCUT2D eigenvalue weighted by atomic mass is 79.9. The van der Waals surface area contributed by atoms with Crippen molar-refractivity contribution in [2.75, 3.05) is 0 Å². The highest BCUT2D eigenvalue weighted by Crippen LogP contribution is 2.12. The van der Waals surface area contributed by atoms with E-state index in [0.717, 1.165) is 10.2 Å². The molecule has 1 aromatic heterocycles. The van der Waals surface area contributed by atoms with E-state index in [4.69, 9.17) is 5.11 Å². The Kier molecular flexibility index (Phi) is 2.40. The second-order valence-corrected chi connectivity index (χ2v) is 2.90. The molecule has 0 unspecified atom stereocenters. The van der Waals surface area contributed by atoms with Gasteiger partial charge in [-0.15, -0.1) is 0 Å². The van der Waals surface area contributed by atoms with Gasteiger partial charge in [-0.25, -0.2) is 4.98 Å². The van der Waals surface area contributed by atoms with E-state index in [2.05, 4.69) is 20.9 Å². The lowest BCUT2D eigenvalue weighted by molar-refractivity contribution is 0.199. The van der Waals surface area contributed by atoms with Crippen LogP contribution in [-0.4, -0.2) is 10.1 Å². The van der Waals surface area contributed by atoms with E-state index in [1.165, 1.54) is 0 Å². The van der Waals surface area contributed by atoms with Gasteiger partial charge in [-0.1, -0.05) is 6.07 Å². The molecule has 0 spiro atoms. The molecule has 2 nitrogen and oxygen atoms in total. The van der Waals surface area contributed by atoms with Gasteiger partial charge < -0.3 is 5.11 Å². The van der Waals surface area contributed by atoms with Crippen LogP contribution in [0.25, 0.3) is 0 Å². The van der Waals surface area contributed by atoms with Gasteiger partial charge in [0.25, 0.3) is 0 Å². The van der Waals surface area contributed by atoms with E-state index >= 15 is 0 Å². The molecule has 0 amide bonds. The summed E-state index contributed by atoms with van der Waals surface area (Å²) in [7, 11) is 0. The Hall–Kier alpha value is -0.410. The molecule has 3 heteroatoms. The van der Waals surface area contributed by atoms with Crippen LogP contribution in [0.1, 0.15) is 18.6 Å². The summed E-state index contributed by atoms with van der Waals surface area (Å²) in [5.74, 6) is 0. The van der Waals surface area contributed by atoms with Crippen LogP contribution in [0, 0.1) is 0 Å². The molecule has 0 aliphatic carbocycles. The Morgan fingerprint density at radius 1 is 1.60 bits per heavy atom. The lowest BCUT2D eigenvalue weighted by atomic mass is 10.2. The lowest BCUT2D eigenvalue weighted by Gasteiger charge is -2.01. The van der Waals surface area contributed by atoms with Gasteiger partial charge in [0.15, 0.2) is 0 Å². The van der Waals surface area contributed by atoms with E-state index in [-0.39, 0.29) is 0 Å². The van der Waals surface area contributed by atoms with Crippen molar-refractivity contribution in [2.45, 2.75) is 13.0 Å². The minimum absolute atomic E-state index is 0.430. The van der Waals surface area contributed by atoms with E-state index in [1.807, 2.05) is 12.1 Å². The van der Waals surface area contributed by atoms with Crippen molar-refractivity contribution in [3.63, 3.8) is 0 Å². The second kappa shape index (κ2) is 3.12. The zero-order valence-corrected chi connectivity index (χ0v) is 7.17.